The summed E-state index contributed by atoms with van der Waals surface area (Å²) in [6.45, 7) is 5.25. The largest absolute Gasteiger partial charge is 0.480 e. The number of carbonyl (C=O) groups excluding carboxylic acids is 1. The molecule has 0 radical (unpaired) electrons. The number of amides is 1. The molecule has 1 amide bonds. The van der Waals surface area contributed by atoms with E-state index in [-0.39, 0.29) is 11.8 Å². The monoisotopic (exact) mass is 320 g/mol. The van der Waals surface area contributed by atoms with Crippen molar-refractivity contribution in [2.75, 3.05) is 18.8 Å². The van der Waals surface area contributed by atoms with Crippen LogP contribution < -0.4 is 5.32 Å². The molecule has 0 aromatic rings. The third-order valence-corrected chi connectivity index (χ3v) is 5.82. The Morgan fingerprint density at radius 2 is 1.81 bits per heavy atom. The van der Waals surface area contributed by atoms with Crippen LogP contribution in [-0.4, -0.2) is 54.6 Å². The summed E-state index contributed by atoms with van der Waals surface area (Å²) in [6, 6.07) is -0.177. The molecule has 0 atom stereocenters. The van der Waals surface area contributed by atoms with E-state index in [1.54, 1.807) is 0 Å². The van der Waals surface area contributed by atoms with E-state index in [0.29, 0.717) is 32.4 Å². The average Bonchev–Trinajstić information content (AvgIpc) is 2.39. The first-order valence-corrected chi connectivity index (χ1v) is 8.74. The zero-order chi connectivity index (χ0) is 16.3. The molecule has 1 fully saturated rings. The fraction of sp³-hybridized carbons (Fsp3) is 0.846. The van der Waals surface area contributed by atoms with Gasteiger partial charge in [-0.15, -0.1) is 0 Å². The zero-order valence-corrected chi connectivity index (χ0v) is 13.6. The number of carbonyl (C=O) groups is 2. The van der Waals surface area contributed by atoms with Crippen molar-refractivity contribution < 1.29 is 23.1 Å². The van der Waals surface area contributed by atoms with E-state index in [1.165, 1.54) is 18.2 Å². The Morgan fingerprint density at radius 3 is 2.24 bits per heavy atom. The first-order valence-electron chi connectivity index (χ1n) is 7.13. The molecule has 1 heterocycles. The normalized spacial score (nSPS) is 18.4. The van der Waals surface area contributed by atoms with Crippen LogP contribution in [0.15, 0.2) is 0 Å². The summed E-state index contributed by atoms with van der Waals surface area (Å²) in [5.74, 6) is -1.58. The van der Waals surface area contributed by atoms with Crippen LogP contribution in [0.25, 0.3) is 0 Å². The van der Waals surface area contributed by atoms with E-state index in [1.807, 2.05) is 6.92 Å². The van der Waals surface area contributed by atoms with Crippen LogP contribution in [0.2, 0.25) is 0 Å². The topological polar surface area (TPSA) is 104 Å². The van der Waals surface area contributed by atoms with E-state index >= 15 is 0 Å². The van der Waals surface area contributed by atoms with Crippen molar-refractivity contribution in [3.05, 3.63) is 0 Å². The molecular formula is C13H24N2O5S. The molecule has 0 spiro atoms. The first kappa shape index (κ1) is 17.9. The van der Waals surface area contributed by atoms with Crippen LogP contribution in [0.5, 0.6) is 0 Å². The number of carboxylic acid groups (broad SMARTS) is 1. The van der Waals surface area contributed by atoms with Crippen LogP contribution >= 0.6 is 0 Å². The lowest BCUT2D eigenvalue weighted by Gasteiger charge is -2.32. The molecule has 1 aliphatic rings. The van der Waals surface area contributed by atoms with Gasteiger partial charge >= 0.3 is 5.97 Å². The van der Waals surface area contributed by atoms with Gasteiger partial charge in [0.15, 0.2) is 0 Å². The van der Waals surface area contributed by atoms with Gasteiger partial charge in [-0.05, 0) is 33.1 Å². The molecule has 0 bridgehead atoms. The van der Waals surface area contributed by atoms with Crippen molar-refractivity contribution in [3.8, 4) is 0 Å². The van der Waals surface area contributed by atoms with E-state index in [2.05, 4.69) is 5.32 Å². The van der Waals surface area contributed by atoms with Crippen molar-refractivity contribution in [1.29, 1.82) is 0 Å². The van der Waals surface area contributed by atoms with Gasteiger partial charge in [-0.2, -0.15) is 0 Å². The molecular weight excluding hydrogens is 296 g/mol. The summed E-state index contributed by atoms with van der Waals surface area (Å²) in [7, 11) is -3.20. The van der Waals surface area contributed by atoms with Gasteiger partial charge in [-0.25, -0.2) is 12.7 Å². The average molecular weight is 320 g/mol. The highest BCUT2D eigenvalue weighted by atomic mass is 32.2. The maximum Gasteiger partial charge on any atom is 0.318 e. The zero-order valence-electron chi connectivity index (χ0n) is 12.8. The second-order valence-electron chi connectivity index (χ2n) is 5.89. The number of rotatable bonds is 6. The number of hydrogen-bond donors (Lipinski definition) is 2. The summed E-state index contributed by atoms with van der Waals surface area (Å²) in [5.41, 5.74) is -1.48. The Kier molecular flexibility index (Phi) is 5.75. The molecule has 0 saturated carbocycles. The molecule has 0 aliphatic carbocycles. The highest BCUT2D eigenvalue weighted by Gasteiger charge is 2.38. The minimum atomic E-state index is -3.20. The number of nitrogens with one attached hydrogen (secondary N) is 1. The molecule has 21 heavy (non-hydrogen) atoms. The van der Waals surface area contributed by atoms with Crippen LogP contribution in [0.3, 0.4) is 0 Å². The fourth-order valence-corrected chi connectivity index (χ4v) is 3.67. The summed E-state index contributed by atoms with van der Waals surface area (Å²) in [4.78, 5) is 22.9. The van der Waals surface area contributed by atoms with Gasteiger partial charge in [0.25, 0.3) is 0 Å². The summed E-state index contributed by atoms with van der Waals surface area (Å²) >= 11 is 0. The maximum atomic E-state index is 11.9. The van der Waals surface area contributed by atoms with Gasteiger partial charge in [-0.3, -0.25) is 9.59 Å². The predicted molar refractivity (Wildman–Crippen MR) is 78.2 cm³/mol. The fourth-order valence-electron chi connectivity index (χ4n) is 2.13. The van der Waals surface area contributed by atoms with Crippen LogP contribution in [0.1, 0.15) is 40.0 Å². The molecule has 0 unspecified atom stereocenters. The molecule has 1 aliphatic heterocycles. The van der Waals surface area contributed by atoms with Crippen LogP contribution in [0.4, 0.5) is 0 Å². The Morgan fingerprint density at radius 1 is 1.29 bits per heavy atom. The van der Waals surface area contributed by atoms with E-state index < -0.39 is 27.3 Å². The van der Waals surface area contributed by atoms with Crippen LogP contribution in [0, 0.1) is 5.41 Å². The Hall–Kier alpha value is -1.15. The van der Waals surface area contributed by atoms with Gasteiger partial charge in [-0.1, -0.05) is 6.92 Å². The Labute approximate surface area is 125 Å². The molecule has 1 rings (SSSR count). The lowest BCUT2D eigenvalue weighted by Crippen LogP contribution is -2.51. The molecule has 7 nitrogen and oxygen atoms in total. The van der Waals surface area contributed by atoms with Crippen molar-refractivity contribution in [2.45, 2.75) is 46.1 Å². The minimum absolute atomic E-state index is 0.135. The summed E-state index contributed by atoms with van der Waals surface area (Å²) in [6.07, 6.45) is 1.58. The van der Waals surface area contributed by atoms with Crippen molar-refractivity contribution in [2.24, 2.45) is 5.41 Å². The number of aliphatic carboxylic acids is 1. The molecule has 1 saturated heterocycles. The number of piperidine rings is 1. The maximum absolute atomic E-state index is 11.9. The molecule has 8 heteroatoms. The van der Waals surface area contributed by atoms with Crippen molar-refractivity contribution in [1.82, 2.24) is 9.62 Å². The molecule has 0 aromatic carbocycles. The minimum Gasteiger partial charge on any atom is -0.480 e. The molecule has 122 valence electrons. The number of nitrogens with zero attached hydrogens (tertiary/aromatic N) is 1. The van der Waals surface area contributed by atoms with Gasteiger partial charge in [0, 0.05) is 19.1 Å². The number of hydrogen-bond acceptors (Lipinski definition) is 4. The highest BCUT2D eigenvalue weighted by molar-refractivity contribution is 7.89. The lowest BCUT2D eigenvalue weighted by molar-refractivity contribution is -0.153. The quantitative estimate of drug-likeness (QED) is 0.690. The summed E-state index contributed by atoms with van der Waals surface area (Å²) < 4.78 is 25.3. The van der Waals surface area contributed by atoms with Crippen molar-refractivity contribution in [3.63, 3.8) is 0 Å². The van der Waals surface area contributed by atoms with Gasteiger partial charge in [0.1, 0.15) is 5.41 Å². The lowest BCUT2D eigenvalue weighted by atomic mass is 9.91. The summed E-state index contributed by atoms with van der Waals surface area (Å²) in [5, 5.41) is 11.7. The van der Waals surface area contributed by atoms with E-state index in [0.717, 1.165) is 0 Å². The third-order valence-electron chi connectivity index (χ3n) is 3.75. The third kappa shape index (κ3) is 4.41. The second kappa shape index (κ2) is 6.74. The van der Waals surface area contributed by atoms with Crippen LogP contribution in [-0.2, 0) is 19.6 Å². The standard InChI is InChI=1S/C13H24N2O5S/c1-4-9-21(19,20)15-7-5-10(6-8-15)14-11(16)13(2,3)12(17)18/h10H,4-9H2,1-3H3,(H,14,16)(H,17,18). The van der Waals surface area contributed by atoms with Crippen molar-refractivity contribution >= 4 is 21.9 Å². The van der Waals surface area contributed by atoms with Gasteiger partial charge in [0.05, 0.1) is 5.75 Å². The molecule has 0 aromatic heterocycles. The Balaban J connectivity index is 2.55. The van der Waals surface area contributed by atoms with E-state index in [4.69, 9.17) is 5.11 Å². The SMILES string of the molecule is CCCS(=O)(=O)N1CCC(NC(=O)C(C)(C)C(=O)O)CC1. The molecule has 2 N–H and O–H groups in total. The first-order chi connectivity index (χ1) is 9.61. The number of carboxylic acids is 1. The van der Waals surface area contributed by atoms with E-state index in [9.17, 15) is 18.0 Å². The number of sulfonamides is 1. The van der Waals surface area contributed by atoms with Gasteiger partial charge < -0.3 is 10.4 Å². The smallest absolute Gasteiger partial charge is 0.318 e. The van der Waals surface area contributed by atoms with Gasteiger partial charge in [0.2, 0.25) is 15.9 Å². The highest BCUT2D eigenvalue weighted by Crippen LogP contribution is 2.19. The predicted octanol–water partition coefficient (Wildman–Crippen LogP) is 0.418. The Bertz CT molecular complexity index is 493. The second-order valence-corrected chi connectivity index (χ2v) is 7.98.